The van der Waals surface area contributed by atoms with Crippen molar-refractivity contribution in [3.8, 4) is 5.75 Å². The van der Waals surface area contributed by atoms with Crippen molar-refractivity contribution in [1.29, 1.82) is 0 Å². The normalized spacial score (nSPS) is 11.7. The lowest BCUT2D eigenvalue weighted by Crippen LogP contribution is -2.34. The zero-order chi connectivity index (χ0) is 13.8. The van der Waals surface area contributed by atoms with Gasteiger partial charge in [-0.1, -0.05) is 31.5 Å². The third-order valence-corrected chi connectivity index (χ3v) is 3.43. The molecule has 0 saturated heterocycles. The Morgan fingerprint density at radius 2 is 1.94 bits per heavy atom. The predicted molar refractivity (Wildman–Crippen MR) is 82.2 cm³/mol. The summed E-state index contributed by atoms with van der Waals surface area (Å²) < 4.78 is 5.58. The van der Waals surface area contributed by atoms with E-state index < -0.39 is 0 Å². The first-order chi connectivity index (χ1) is 8.42. The smallest absolute Gasteiger partial charge is 0.125 e. The van der Waals surface area contributed by atoms with Gasteiger partial charge in [-0.2, -0.15) is 12.6 Å². The van der Waals surface area contributed by atoms with Crippen LogP contribution in [0.4, 0.5) is 0 Å². The van der Waals surface area contributed by atoms with Gasteiger partial charge in [0.15, 0.2) is 0 Å². The molecule has 0 atom stereocenters. The third kappa shape index (κ3) is 3.66. The summed E-state index contributed by atoms with van der Waals surface area (Å²) in [5, 5.41) is 3.43. The van der Waals surface area contributed by atoms with Crippen molar-refractivity contribution in [2.45, 2.75) is 33.1 Å². The quantitative estimate of drug-likeness (QED) is 0.610. The molecule has 0 bridgehead atoms. The zero-order valence-corrected chi connectivity index (χ0v) is 13.0. The molecule has 0 spiro atoms. The number of hydrogen-bond donors (Lipinski definition) is 2. The molecule has 1 aromatic carbocycles. The van der Waals surface area contributed by atoms with E-state index in [-0.39, 0.29) is 5.41 Å². The molecule has 1 N–H and O–H groups in total. The van der Waals surface area contributed by atoms with Crippen molar-refractivity contribution in [2.24, 2.45) is 0 Å². The number of thiol groups is 1. The van der Waals surface area contributed by atoms with Gasteiger partial charge in [-0.15, -0.1) is 0 Å². The van der Waals surface area contributed by atoms with Crippen LogP contribution >= 0.6 is 12.6 Å². The molecule has 3 heteroatoms. The maximum absolute atomic E-state index is 5.58. The van der Waals surface area contributed by atoms with E-state index in [1.807, 2.05) is 0 Å². The second-order valence-electron chi connectivity index (χ2n) is 5.45. The van der Waals surface area contributed by atoms with Crippen molar-refractivity contribution in [2.75, 3.05) is 26.0 Å². The first kappa shape index (κ1) is 15.4. The van der Waals surface area contributed by atoms with Gasteiger partial charge in [-0.05, 0) is 19.4 Å². The average molecular weight is 267 g/mol. The molecule has 1 aromatic rings. The van der Waals surface area contributed by atoms with Gasteiger partial charge in [0.05, 0.1) is 7.11 Å². The summed E-state index contributed by atoms with van der Waals surface area (Å²) in [7, 11) is 1.75. The second kappa shape index (κ2) is 6.48. The Morgan fingerprint density at radius 1 is 1.28 bits per heavy atom. The number of benzene rings is 1. The minimum absolute atomic E-state index is 0.0467. The Kier molecular flexibility index (Phi) is 5.54. The monoisotopic (exact) mass is 267 g/mol. The Balaban J connectivity index is 3.05. The summed E-state index contributed by atoms with van der Waals surface area (Å²) in [6, 6.07) is 4.40. The topological polar surface area (TPSA) is 21.3 Å². The van der Waals surface area contributed by atoms with Gasteiger partial charge in [0.1, 0.15) is 5.75 Å². The van der Waals surface area contributed by atoms with Crippen LogP contribution in [0.25, 0.3) is 0 Å². The Morgan fingerprint density at radius 3 is 2.50 bits per heavy atom. The SMILES string of the molecule is COc1c(C)cc(C)cc1C(C)(C)CNCCS. The van der Waals surface area contributed by atoms with Crippen molar-refractivity contribution < 1.29 is 4.74 Å². The second-order valence-corrected chi connectivity index (χ2v) is 5.89. The lowest BCUT2D eigenvalue weighted by atomic mass is 9.82. The van der Waals surface area contributed by atoms with Crippen molar-refractivity contribution in [1.82, 2.24) is 5.32 Å². The lowest BCUT2D eigenvalue weighted by Gasteiger charge is -2.29. The molecule has 2 nitrogen and oxygen atoms in total. The number of ether oxygens (including phenoxy) is 1. The van der Waals surface area contributed by atoms with Crippen LogP contribution in [-0.2, 0) is 5.41 Å². The number of methoxy groups -OCH3 is 1. The fourth-order valence-electron chi connectivity index (χ4n) is 2.30. The molecule has 0 saturated carbocycles. The molecule has 0 fully saturated rings. The molecule has 0 heterocycles. The molecule has 0 amide bonds. The molecule has 0 radical (unpaired) electrons. The van der Waals surface area contributed by atoms with Crippen molar-refractivity contribution in [3.05, 3.63) is 28.8 Å². The van der Waals surface area contributed by atoms with Crippen molar-refractivity contribution >= 4 is 12.6 Å². The highest BCUT2D eigenvalue weighted by Gasteiger charge is 2.25. The molecule has 0 aliphatic heterocycles. The van der Waals surface area contributed by atoms with E-state index in [4.69, 9.17) is 4.74 Å². The summed E-state index contributed by atoms with van der Waals surface area (Å²) in [5.41, 5.74) is 3.81. The number of hydrogen-bond acceptors (Lipinski definition) is 3. The van der Waals surface area contributed by atoms with E-state index in [2.05, 4.69) is 57.8 Å². The molecule has 1 rings (SSSR count). The van der Waals surface area contributed by atoms with Crippen LogP contribution in [-0.4, -0.2) is 26.0 Å². The Bertz CT molecular complexity index is 402. The van der Waals surface area contributed by atoms with E-state index in [1.165, 1.54) is 16.7 Å². The van der Waals surface area contributed by atoms with Gasteiger partial charge in [-0.3, -0.25) is 0 Å². The summed E-state index contributed by atoms with van der Waals surface area (Å²) >= 11 is 4.22. The zero-order valence-electron chi connectivity index (χ0n) is 12.1. The summed E-state index contributed by atoms with van der Waals surface area (Å²) in [5.74, 6) is 1.87. The number of rotatable bonds is 6. The summed E-state index contributed by atoms with van der Waals surface area (Å²) in [4.78, 5) is 0. The largest absolute Gasteiger partial charge is 0.496 e. The van der Waals surface area contributed by atoms with E-state index in [9.17, 15) is 0 Å². The highest BCUT2D eigenvalue weighted by Crippen LogP contribution is 2.34. The van der Waals surface area contributed by atoms with Gasteiger partial charge in [0.2, 0.25) is 0 Å². The number of nitrogens with one attached hydrogen (secondary N) is 1. The Labute approximate surface area is 117 Å². The van der Waals surface area contributed by atoms with Crippen LogP contribution in [0, 0.1) is 13.8 Å². The summed E-state index contributed by atoms with van der Waals surface area (Å²) in [6.45, 7) is 10.6. The van der Waals surface area contributed by atoms with Crippen LogP contribution in [0.5, 0.6) is 5.75 Å². The molecular formula is C15H25NOS. The van der Waals surface area contributed by atoms with Crippen LogP contribution in [0.1, 0.15) is 30.5 Å². The van der Waals surface area contributed by atoms with Gasteiger partial charge in [0, 0.05) is 29.8 Å². The van der Waals surface area contributed by atoms with E-state index in [0.29, 0.717) is 0 Å². The molecule has 0 aromatic heterocycles. The van der Waals surface area contributed by atoms with Crippen LogP contribution < -0.4 is 10.1 Å². The minimum Gasteiger partial charge on any atom is -0.496 e. The fraction of sp³-hybridized carbons (Fsp3) is 0.600. The van der Waals surface area contributed by atoms with Gasteiger partial charge in [0.25, 0.3) is 0 Å². The average Bonchev–Trinajstić information content (AvgIpc) is 2.28. The molecular weight excluding hydrogens is 242 g/mol. The van der Waals surface area contributed by atoms with E-state index in [0.717, 1.165) is 24.6 Å². The standard InChI is InChI=1S/C15H25NOS/c1-11-8-12(2)14(17-5)13(9-11)15(3,4)10-16-6-7-18/h8-9,16,18H,6-7,10H2,1-5H3. The van der Waals surface area contributed by atoms with E-state index in [1.54, 1.807) is 7.11 Å². The maximum Gasteiger partial charge on any atom is 0.125 e. The van der Waals surface area contributed by atoms with E-state index >= 15 is 0 Å². The van der Waals surface area contributed by atoms with Crippen LogP contribution in [0.2, 0.25) is 0 Å². The van der Waals surface area contributed by atoms with Gasteiger partial charge >= 0.3 is 0 Å². The fourth-order valence-corrected chi connectivity index (χ4v) is 2.46. The highest BCUT2D eigenvalue weighted by molar-refractivity contribution is 7.80. The molecule has 18 heavy (non-hydrogen) atoms. The molecule has 0 aliphatic carbocycles. The predicted octanol–water partition coefficient (Wildman–Crippen LogP) is 3.11. The van der Waals surface area contributed by atoms with Crippen LogP contribution in [0.3, 0.4) is 0 Å². The maximum atomic E-state index is 5.58. The van der Waals surface area contributed by atoms with Crippen LogP contribution in [0.15, 0.2) is 12.1 Å². The highest BCUT2D eigenvalue weighted by atomic mass is 32.1. The molecule has 0 unspecified atom stereocenters. The first-order valence-corrected chi connectivity index (χ1v) is 7.03. The van der Waals surface area contributed by atoms with Crippen molar-refractivity contribution in [3.63, 3.8) is 0 Å². The lowest BCUT2D eigenvalue weighted by molar-refractivity contribution is 0.384. The molecule has 0 aliphatic rings. The van der Waals surface area contributed by atoms with Gasteiger partial charge in [-0.25, -0.2) is 0 Å². The first-order valence-electron chi connectivity index (χ1n) is 6.39. The molecule has 102 valence electrons. The third-order valence-electron chi connectivity index (χ3n) is 3.21. The number of aryl methyl sites for hydroxylation is 2. The minimum atomic E-state index is 0.0467. The summed E-state index contributed by atoms with van der Waals surface area (Å²) in [6.07, 6.45) is 0. The Hall–Kier alpha value is -0.670. The van der Waals surface area contributed by atoms with Gasteiger partial charge < -0.3 is 10.1 Å².